The maximum absolute atomic E-state index is 12.3. The van der Waals surface area contributed by atoms with E-state index in [0.717, 1.165) is 24.3 Å². The van der Waals surface area contributed by atoms with Crippen molar-refractivity contribution in [2.24, 2.45) is 7.05 Å². The molecule has 3 heterocycles. The molecule has 7 heteroatoms. The van der Waals surface area contributed by atoms with Gasteiger partial charge in [-0.2, -0.15) is 10.2 Å². The molecule has 0 fully saturated rings. The smallest absolute Gasteiger partial charge is 0.256 e. The van der Waals surface area contributed by atoms with Crippen molar-refractivity contribution < 1.29 is 4.79 Å². The van der Waals surface area contributed by atoms with Gasteiger partial charge in [0.1, 0.15) is 11.2 Å². The largest absolute Gasteiger partial charge is 0.352 e. The summed E-state index contributed by atoms with van der Waals surface area (Å²) >= 11 is 0. The lowest BCUT2D eigenvalue weighted by atomic mass is 10.2. The van der Waals surface area contributed by atoms with Crippen molar-refractivity contribution in [3.63, 3.8) is 0 Å². The summed E-state index contributed by atoms with van der Waals surface area (Å²) in [6.07, 6.45) is 6.15. The van der Waals surface area contributed by atoms with Gasteiger partial charge >= 0.3 is 0 Å². The van der Waals surface area contributed by atoms with Gasteiger partial charge < -0.3 is 9.88 Å². The molecule has 0 saturated heterocycles. The SMILES string of the molecule is Cc1nn(CCCNC(=O)c2cnn3ccn(C)c23)c(C)c1C. The predicted molar refractivity (Wildman–Crippen MR) is 87.6 cm³/mol. The Hall–Kier alpha value is -2.57. The number of nitrogens with zero attached hydrogens (tertiary/aromatic N) is 5. The Morgan fingerprint density at radius 2 is 2.04 bits per heavy atom. The van der Waals surface area contributed by atoms with E-state index in [0.29, 0.717) is 12.1 Å². The van der Waals surface area contributed by atoms with Gasteiger partial charge in [-0.05, 0) is 32.8 Å². The van der Waals surface area contributed by atoms with Crippen LogP contribution in [0.5, 0.6) is 0 Å². The van der Waals surface area contributed by atoms with Crippen LogP contribution in [0.1, 0.15) is 33.7 Å². The number of carbonyl (C=O) groups excluding carboxylic acids is 1. The van der Waals surface area contributed by atoms with Gasteiger partial charge in [-0.25, -0.2) is 4.52 Å². The molecule has 0 bridgehead atoms. The molecule has 3 rings (SSSR count). The summed E-state index contributed by atoms with van der Waals surface area (Å²) in [5.41, 5.74) is 4.89. The summed E-state index contributed by atoms with van der Waals surface area (Å²) in [7, 11) is 1.90. The van der Waals surface area contributed by atoms with E-state index in [4.69, 9.17) is 0 Å². The van der Waals surface area contributed by atoms with Crippen LogP contribution in [-0.2, 0) is 13.6 Å². The van der Waals surface area contributed by atoms with Crippen LogP contribution in [0.15, 0.2) is 18.6 Å². The molecule has 0 atom stereocenters. The summed E-state index contributed by atoms with van der Waals surface area (Å²) in [5, 5.41) is 11.6. The highest BCUT2D eigenvalue weighted by Crippen LogP contribution is 2.12. The molecule has 0 unspecified atom stereocenters. The highest BCUT2D eigenvalue weighted by atomic mass is 16.1. The van der Waals surface area contributed by atoms with Gasteiger partial charge in [-0.1, -0.05) is 0 Å². The molecular formula is C16H22N6O. The van der Waals surface area contributed by atoms with E-state index in [1.165, 1.54) is 11.3 Å². The molecule has 0 spiro atoms. The van der Waals surface area contributed by atoms with E-state index in [1.54, 1.807) is 10.7 Å². The first kappa shape index (κ1) is 15.3. The van der Waals surface area contributed by atoms with E-state index in [-0.39, 0.29) is 5.91 Å². The van der Waals surface area contributed by atoms with Crippen LogP contribution in [0.2, 0.25) is 0 Å². The minimum absolute atomic E-state index is 0.0913. The number of nitrogens with one attached hydrogen (secondary N) is 1. The molecule has 0 aliphatic rings. The lowest BCUT2D eigenvalue weighted by Gasteiger charge is -2.06. The summed E-state index contributed by atoms with van der Waals surface area (Å²) < 4.78 is 5.60. The summed E-state index contributed by atoms with van der Waals surface area (Å²) in [6, 6.07) is 0. The Morgan fingerprint density at radius 3 is 2.74 bits per heavy atom. The van der Waals surface area contributed by atoms with E-state index >= 15 is 0 Å². The first-order chi connectivity index (χ1) is 11.0. The number of hydrogen-bond donors (Lipinski definition) is 1. The van der Waals surface area contributed by atoms with Crippen LogP contribution in [0, 0.1) is 20.8 Å². The Kier molecular flexibility index (Phi) is 3.94. The third-order valence-electron chi connectivity index (χ3n) is 4.35. The molecule has 122 valence electrons. The van der Waals surface area contributed by atoms with Crippen LogP contribution in [0.3, 0.4) is 0 Å². The number of fused-ring (bicyclic) bond motifs is 1. The zero-order valence-corrected chi connectivity index (χ0v) is 14.0. The molecule has 7 nitrogen and oxygen atoms in total. The van der Waals surface area contributed by atoms with E-state index < -0.39 is 0 Å². The van der Waals surface area contributed by atoms with Crippen molar-refractivity contribution >= 4 is 11.6 Å². The fourth-order valence-corrected chi connectivity index (χ4v) is 2.74. The summed E-state index contributed by atoms with van der Waals surface area (Å²) in [6.45, 7) is 7.59. The molecule has 1 N–H and O–H groups in total. The lowest BCUT2D eigenvalue weighted by Crippen LogP contribution is -2.25. The fourth-order valence-electron chi connectivity index (χ4n) is 2.74. The predicted octanol–water partition coefficient (Wildman–Crippen LogP) is 1.61. The third kappa shape index (κ3) is 2.74. The number of rotatable bonds is 5. The number of aryl methyl sites for hydroxylation is 3. The molecule has 0 radical (unpaired) electrons. The van der Waals surface area contributed by atoms with Crippen LogP contribution >= 0.6 is 0 Å². The van der Waals surface area contributed by atoms with Gasteiger partial charge in [0.2, 0.25) is 0 Å². The maximum Gasteiger partial charge on any atom is 0.256 e. The van der Waals surface area contributed by atoms with E-state index in [1.807, 2.05) is 35.6 Å². The quantitative estimate of drug-likeness (QED) is 0.728. The standard InChI is InChI=1S/C16H22N6O/c1-11-12(2)19-21(13(11)3)7-5-6-17-15(23)14-10-18-22-9-8-20(4)16(14)22/h8-10H,5-7H2,1-4H3,(H,17,23). The van der Waals surface area contributed by atoms with Gasteiger partial charge in [0.05, 0.1) is 11.9 Å². The third-order valence-corrected chi connectivity index (χ3v) is 4.35. The van der Waals surface area contributed by atoms with Crippen LogP contribution in [0.25, 0.3) is 5.65 Å². The Labute approximate surface area is 134 Å². The zero-order valence-electron chi connectivity index (χ0n) is 14.0. The second-order valence-electron chi connectivity index (χ2n) is 5.86. The maximum atomic E-state index is 12.3. The normalized spacial score (nSPS) is 11.3. The lowest BCUT2D eigenvalue weighted by molar-refractivity contribution is 0.0954. The molecule has 3 aromatic rings. The topological polar surface area (TPSA) is 69.2 Å². The minimum atomic E-state index is -0.0913. The van der Waals surface area contributed by atoms with Gasteiger partial charge in [-0.15, -0.1) is 0 Å². The highest BCUT2D eigenvalue weighted by Gasteiger charge is 2.14. The van der Waals surface area contributed by atoms with Crippen molar-refractivity contribution in [1.29, 1.82) is 0 Å². The number of imidazole rings is 1. The number of aromatic nitrogens is 5. The Bertz CT molecular complexity index is 854. The Morgan fingerprint density at radius 1 is 1.26 bits per heavy atom. The van der Waals surface area contributed by atoms with Crippen molar-refractivity contribution in [2.75, 3.05) is 6.54 Å². The molecule has 0 aromatic carbocycles. The average Bonchev–Trinajstić information content (AvgIpc) is 3.17. The molecule has 0 aliphatic carbocycles. The number of amides is 1. The van der Waals surface area contributed by atoms with E-state index in [9.17, 15) is 4.79 Å². The molecule has 3 aromatic heterocycles. The number of carbonyl (C=O) groups is 1. The first-order valence-corrected chi connectivity index (χ1v) is 7.76. The molecule has 23 heavy (non-hydrogen) atoms. The van der Waals surface area contributed by atoms with Crippen molar-refractivity contribution in [3.8, 4) is 0 Å². The second kappa shape index (κ2) is 5.91. The van der Waals surface area contributed by atoms with Gasteiger partial charge in [-0.3, -0.25) is 9.48 Å². The van der Waals surface area contributed by atoms with Gasteiger partial charge in [0.25, 0.3) is 5.91 Å². The average molecular weight is 314 g/mol. The van der Waals surface area contributed by atoms with Crippen molar-refractivity contribution in [1.82, 2.24) is 29.3 Å². The van der Waals surface area contributed by atoms with Crippen molar-refractivity contribution in [3.05, 3.63) is 41.1 Å². The van der Waals surface area contributed by atoms with Crippen LogP contribution in [0.4, 0.5) is 0 Å². The van der Waals surface area contributed by atoms with Crippen molar-refractivity contribution in [2.45, 2.75) is 33.7 Å². The summed E-state index contributed by atoms with van der Waals surface area (Å²) in [5.74, 6) is -0.0913. The molecule has 0 saturated carbocycles. The van der Waals surface area contributed by atoms with Crippen LogP contribution < -0.4 is 5.32 Å². The van der Waals surface area contributed by atoms with Gasteiger partial charge in [0.15, 0.2) is 0 Å². The fraction of sp³-hybridized carbons (Fsp3) is 0.438. The molecular weight excluding hydrogens is 292 g/mol. The second-order valence-corrected chi connectivity index (χ2v) is 5.86. The molecule has 0 aliphatic heterocycles. The first-order valence-electron chi connectivity index (χ1n) is 7.76. The van der Waals surface area contributed by atoms with E-state index in [2.05, 4.69) is 29.4 Å². The summed E-state index contributed by atoms with van der Waals surface area (Å²) in [4.78, 5) is 12.3. The number of hydrogen-bond acceptors (Lipinski definition) is 3. The van der Waals surface area contributed by atoms with Crippen LogP contribution in [-0.4, -0.2) is 36.4 Å². The Balaban J connectivity index is 1.57. The zero-order chi connectivity index (χ0) is 16.6. The molecule has 1 amide bonds. The monoisotopic (exact) mass is 314 g/mol. The highest BCUT2D eigenvalue weighted by molar-refractivity contribution is 5.99. The minimum Gasteiger partial charge on any atom is -0.352 e. The van der Waals surface area contributed by atoms with Gasteiger partial charge in [0, 0.05) is 38.2 Å².